The van der Waals surface area contributed by atoms with Crippen LogP contribution in [0.1, 0.15) is 200 Å². The summed E-state index contributed by atoms with van der Waals surface area (Å²) in [5.74, 6) is -0.0382. The SMILES string of the molecule is CC/C=C\C/C=C\C/C=C\C/C=C\CCCCCCCCCCCCCCCCCCC(=O)NC(CO)C(O)CCCCCCCC. The van der Waals surface area contributed by atoms with E-state index < -0.39 is 12.1 Å². The highest BCUT2D eigenvalue weighted by Crippen LogP contribution is 2.15. The first-order valence-corrected chi connectivity index (χ1v) is 20.3. The Kier molecular flexibility index (Phi) is 37.4. The molecule has 0 rings (SSSR count). The van der Waals surface area contributed by atoms with Crippen molar-refractivity contribution in [2.45, 2.75) is 212 Å². The molecule has 0 bridgehead atoms. The molecular weight excluding hydrogens is 578 g/mol. The van der Waals surface area contributed by atoms with Gasteiger partial charge >= 0.3 is 0 Å². The van der Waals surface area contributed by atoms with Crippen LogP contribution in [0.25, 0.3) is 0 Å². The van der Waals surface area contributed by atoms with Crippen molar-refractivity contribution in [1.29, 1.82) is 0 Å². The third-order valence-electron chi connectivity index (χ3n) is 9.10. The number of allylic oxidation sites excluding steroid dienone is 8. The fourth-order valence-electron chi connectivity index (χ4n) is 6.00. The number of amides is 1. The van der Waals surface area contributed by atoms with E-state index in [1.165, 1.54) is 122 Å². The summed E-state index contributed by atoms with van der Waals surface area (Å²) in [5, 5.41) is 22.8. The minimum atomic E-state index is -0.655. The molecule has 0 spiro atoms. The Morgan fingerprint density at radius 3 is 1.40 bits per heavy atom. The molecule has 274 valence electrons. The Labute approximate surface area is 293 Å². The molecule has 4 nitrogen and oxygen atoms in total. The van der Waals surface area contributed by atoms with E-state index in [2.05, 4.69) is 67.8 Å². The molecule has 2 atom stereocenters. The van der Waals surface area contributed by atoms with Crippen molar-refractivity contribution < 1.29 is 15.0 Å². The van der Waals surface area contributed by atoms with Gasteiger partial charge in [0.1, 0.15) is 0 Å². The third-order valence-corrected chi connectivity index (χ3v) is 9.10. The number of aliphatic hydroxyl groups is 2. The van der Waals surface area contributed by atoms with Gasteiger partial charge in [0.25, 0.3) is 0 Å². The van der Waals surface area contributed by atoms with E-state index in [-0.39, 0.29) is 12.5 Å². The van der Waals surface area contributed by atoms with Crippen molar-refractivity contribution in [3.63, 3.8) is 0 Å². The number of aliphatic hydroxyl groups excluding tert-OH is 2. The number of hydrogen-bond acceptors (Lipinski definition) is 3. The van der Waals surface area contributed by atoms with Gasteiger partial charge in [0.2, 0.25) is 5.91 Å². The fraction of sp³-hybridized carbons (Fsp3) is 0.791. The lowest BCUT2D eigenvalue weighted by atomic mass is 10.0. The second-order valence-electron chi connectivity index (χ2n) is 13.7. The summed E-state index contributed by atoms with van der Waals surface area (Å²) in [7, 11) is 0. The Balaban J connectivity index is 3.42. The molecule has 0 saturated carbocycles. The zero-order valence-corrected chi connectivity index (χ0v) is 31.3. The molecule has 0 aliphatic heterocycles. The molecule has 3 N–H and O–H groups in total. The maximum Gasteiger partial charge on any atom is 0.220 e. The van der Waals surface area contributed by atoms with Crippen LogP contribution in [0.5, 0.6) is 0 Å². The first-order valence-electron chi connectivity index (χ1n) is 20.3. The zero-order chi connectivity index (χ0) is 34.3. The number of rotatable bonds is 36. The van der Waals surface area contributed by atoms with E-state index >= 15 is 0 Å². The molecular formula is C43H79NO3. The summed E-state index contributed by atoms with van der Waals surface area (Å²) >= 11 is 0. The topological polar surface area (TPSA) is 69.6 Å². The van der Waals surface area contributed by atoms with Crippen molar-refractivity contribution in [2.75, 3.05) is 6.61 Å². The molecule has 2 unspecified atom stereocenters. The normalized spacial score (nSPS) is 13.5. The fourth-order valence-corrected chi connectivity index (χ4v) is 6.00. The van der Waals surface area contributed by atoms with E-state index in [0.717, 1.165) is 51.4 Å². The van der Waals surface area contributed by atoms with Gasteiger partial charge in [-0.05, 0) is 51.4 Å². The Morgan fingerprint density at radius 1 is 0.532 bits per heavy atom. The van der Waals surface area contributed by atoms with Crippen LogP contribution >= 0.6 is 0 Å². The van der Waals surface area contributed by atoms with Crippen LogP contribution in [0.4, 0.5) is 0 Å². The molecule has 47 heavy (non-hydrogen) atoms. The van der Waals surface area contributed by atoms with Crippen LogP contribution in [0.15, 0.2) is 48.6 Å². The van der Waals surface area contributed by atoms with E-state index in [1.54, 1.807) is 0 Å². The molecule has 4 heteroatoms. The molecule has 0 aromatic carbocycles. The van der Waals surface area contributed by atoms with Crippen molar-refractivity contribution in [3.05, 3.63) is 48.6 Å². The molecule has 0 aliphatic rings. The third kappa shape index (κ3) is 35.5. The maximum atomic E-state index is 12.3. The van der Waals surface area contributed by atoms with E-state index in [9.17, 15) is 15.0 Å². The molecule has 0 aromatic rings. The highest BCUT2D eigenvalue weighted by Gasteiger charge is 2.19. The van der Waals surface area contributed by atoms with Gasteiger partial charge in [-0.25, -0.2) is 0 Å². The van der Waals surface area contributed by atoms with Crippen molar-refractivity contribution >= 4 is 5.91 Å². The van der Waals surface area contributed by atoms with Crippen LogP contribution in [0.2, 0.25) is 0 Å². The van der Waals surface area contributed by atoms with Gasteiger partial charge in [-0.2, -0.15) is 0 Å². The predicted octanol–water partition coefficient (Wildman–Crippen LogP) is 12.4. The molecule has 0 fully saturated rings. The first-order chi connectivity index (χ1) is 23.2. The number of nitrogens with one attached hydrogen (secondary N) is 1. The van der Waals surface area contributed by atoms with Gasteiger partial charge in [-0.1, -0.05) is 191 Å². The lowest BCUT2D eigenvalue weighted by Crippen LogP contribution is -2.45. The highest BCUT2D eigenvalue weighted by molar-refractivity contribution is 5.76. The van der Waals surface area contributed by atoms with Gasteiger partial charge in [0, 0.05) is 6.42 Å². The van der Waals surface area contributed by atoms with E-state index in [4.69, 9.17) is 0 Å². The van der Waals surface area contributed by atoms with E-state index in [1.807, 2.05) is 0 Å². The van der Waals surface area contributed by atoms with Crippen LogP contribution in [-0.4, -0.2) is 34.9 Å². The van der Waals surface area contributed by atoms with Gasteiger partial charge in [0.05, 0.1) is 18.8 Å². The van der Waals surface area contributed by atoms with Gasteiger partial charge in [0.15, 0.2) is 0 Å². The smallest absolute Gasteiger partial charge is 0.220 e. The zero-order valence-electron chi connectivity index (χ0n) is 31.3. The van der Waals surface area contributed by atoms with Crippen molar-refractivity contribution in [1.82, 2.24) is 5.32 Å². The summed E-state index contributed by atoms with van der Waals surface area (Å²) in [6, 6.07) is -0.532. The lowest BCUT2D eigenvalue weighted by molar-refractivity contribution is -0.123. The Morgan fingerprint density at radius 2 is 0.936 bits per heavy atom. The number of carbonyl (C=O) groups is 1. The second kappa shape index (κ2) is 38.8. The average Bonchev–Trinajstić information content (AvgIpc) is 3.07. The van der Waals surface area contributed by atoms with E-state index in [0.29, 0.717) is 12.8 Å². The lowest BCUT2D eigenvalue weighted by Gasteiger charge is -2.22. The maximum absolute atomic E-state index is 12.3. The van der Waals surface area contributed by atoms with Crippen molar-refractivity contribution in [2.24, 2.45) is 0 Å². The van der Waals surface area contributed by atoms with Crippen LogP contribution in [0.3, 0.4) is 0 Å². The monoisotopic (exact) mass is 658 g/mol. The number of hydrogen-bond donors (Lipinski definition) is 3. The van der Waals surface area contributed by atoms with Crippen LogP contribution in [0, 0.1) is 0 Å². The van der Waals surface area contributed by atoms with Gasteiger partial charge in [-0.15, -0.1) is 0 Å². The van der Waals surface area contributed by atoms with Gasteiger partial charge < -0.3 is 15.5 Å². The summed E-state index contributed by atoms with van der Waals surface area (Å²) in [4.78, 5) is 12.3. The van der Waals surface area contributed by atoms with Gasteiger partial charge in [-0.3, -0.25) is 4.79 Å². The molecule has 0 radical (unpaired) electrons. The van der Waals surface area contributed by atoms with Crippen LogP contribution in [-0.2, 0) is 4.79 Å². The molecule has 0 aliphatic carbocycles. The summed E-state index contributed by atoms with van der Waals surface area (Å²) in [5.41, 5.74) is 0. The summed E-state index contributed by atoms with van der Waals surface area (Å²) in [6.07, 6.45) is 52.1. The Bertz CT molecular complexity index is 756. The standard InChI is InChI=1S/C43H79NO3/c1-3-5-7-9-11-12-13-14-15-16-17-18-19-20-21-22-23-24-25-26-27-28-29-30-31-32-33-35-37-39-43(47)44-41(40-45)42(46)38-36-34-10-8-6-4-2/h5,7,11-12,14-15,17-18,41-42,45-46H,3-4,6,8-10,13,16,19-40H2,1-2H3,(H,44,47)/b7-5-,12-11-,15-14-,18-17-. The van der Waals surface area contributed by atoms with Crippen LogP contribution < -0.4 is 5.32 Å². The summed E-state index contributed by atoms with van der Waals surface area (Å²) < 4.78 is 0. The second-order valence-corrected chi connectivity index (χ2v) is 13.7. The molecule has 0 saturated heterocycles. The predicted molar refractivity (Wildman–Crippen MR) is 207 cm³/mol. The average molecular weight is 658 g/mol. The minimum Gasteiger partial charge on any atom is -0.394 e. The highest BCUT2D eigenvalue weighted by atomic mass is 16.3. The quantitative estimate of drug-likeness (QED) is 0.0464. The Hall–Kier alpha value is -1.65. The number of carbonyl (C=O) groups excluding carboxylic acids is 1. The molecule has 0 aromatic heterocycles. The first kappa shape index (κ1) is 45.3. The molecule has 0 heterocycles. The largest absolute Gasteiger partial charge is 0.394 e. The molecule has 1 amide bonds. The summed E-state index contributed by atoms with van der Waals surface area (Å²) in [6.45, 7) is 4.18. The number of unbranched alkanes of at least 4 members (excludes halogenated alkanes) is 21. The minimum absolute atomic E-state index is 0.0382. The van der Waals surface area contributed by atoms with Crippen molar-refractivity contribution in [3.8, 4) is 0 Å².